The second-order valence-electron chi connectivity index (χ2n) is 6.40. The van der Waals surface area contributed by atoms with E-state index < -0.39 is 20.6 Å². The van der Waals surface area contributed by atoms with Crippen LogP contribution in [0.3, 0.4) is 0 Å². The normalized spacial score (nSPS) is 11.5. The minimum atomic E-state index is -4.09. The number of sulfonamides is 1. The van der Waals surface area contributed by atoms with Gasteiger partial charge >= 0.3 is 0 Å². The molecule has 0 atom stereocenters. The average Bonchev–Trinajstić information content (AvgIpc) is 2.79. The fourth-order valence-electron chi connectivity index (χ4n) is 2.72. The number of para-hydroxylation sites is 2. The van der Waals surface area contributed by atoms with E-state index in [9.17, 15) is 18.5 Å². The second-order valence-corrected chi connectivity index (χ2v) is 8.08. The average molecular weight is 452 g/mol. The molecule has 164 valence electrons. The van der Waals surface area contributed by atoms with Crippen LogP contribution in [-0.2, 0) is 10.0 Å². The summed E-state index contributed by atoms with van der Waals surface area (Å²) in [6, 6.07) is 19.5. The maximum atomic E-state index is 12.7. The van der Waals surface area contributed by atoms with Gasteiger partial charge in [-0.2, -0.15) is 5.10 Å². The zero-order chi connectivity index (χ0) is 23.0. The number of ether oxygens (including phenoxy) is 1. The van der Waals surface area contributed by atoms with E-state index in [-0.39, 0.29) is 16.3 Å². The number of anilines is 2. The van der Waals surface area contributed by atoms with Crippen molar-refractivity contribution >= 4 is 39.4 Å². The molecule has 0 fully saturated rings. The molecule has 10 heteroatoms. The van der Waals surface area contributed by atoms with Gasteiger partial charge < -0.3 is 4.74 Å². The van der Waals surface area contributed by atoms with Gasteiger partial charge in [0.1, 0.15) is 11.4 Å². The predicted octanol–water partition coefficient (Wildman–Crippen LogP) is 4.52. The number of nitrogens with one attached hydrogen (secondary N) is 2. The molecule has 0 saturated heterocycles. The molecule has 0 bridgehead atoms. The predicted molar refractivity (Wildman–Crippen MR) is 124 cm³/mol. The minimum Gasteiger partial charge on any atom is -0.495 e. The van der Waals surface area contributed by atoms with Crippen LogP contribution < -0.4 is 14.9 Å². The Balaban J connectivity index is 1.78. The summed E-state index contributed by atoms with van der Waals surface area (Å²) >= 11 is 0. The Kier molecular flexibility index (Phi) is 7.19. The van der Waals surface area contributed by atoms with Crippen LogP contribution in [0.15, 0.2) is 88.9 Å². The van der Waals surface area contributed by atoms with E-state index in [0.29, 0.717) is 5.75 Å². The molecule has 0 aliphatic carbocycles. The first-order chi connectivity index (χ1) is 15.4. The number of nitro benzene ring substituents is 1. The van der Waals surface area contributed by atoms with Gasteiger partial charge in [0.05, 0.1) is 22.6 Å². The molecule has 0 aliphatic heterocycles. The topological polar surface area (TPSA) is 123 Å². The van der Waals surface area contributed by atoms with E-state index in [4.69, 9.17) is 4.74 Å². The first kappa shape index (κ1) is 22.5. The largest absolute Gasteiger partial charge is 0.495 e. The number of hydrogen-bond acceptors (Lipinski definition) is 7. The zero-order valence-electron chi connectivity index (χ0n) is 17.0. The van der Waals surface area contributed by atoms with E-state index in [1.54, 1.807) is 24.3 Å². The van der Waals surface area contributed by atoms with Crippen molar-refractivity contribution in [3.05, 3.63) is 94.6 Å². The van der Waals surface area contributed by atoms with Gasteiger partial charge in [0.25, 0.3) is 15.7 Å². The highest BCUT2D eigenvalue weighted by molar-refractivity contribution is 7.92. The third-order valence-electron chi connectivity index (χ3n) is 4.26. The lowest BCUT2D eigenvalue weighted by atomic mass is 10.2. The summed E-state index contributed by atoms with van der Waals surface area (Å²) in [6.45, 7) is 0. The molecule has 32 heavy (non-hydrogen) atoms. The summed E-state index contributed by atoms with van der Waals surface area (Å²) in [4.78, 5) is 10.5. The molecular formula is C22H20N4O5S. The molecular weight excluding hydrogens is 432 g/mol. The summed E-state index contributed by atoms with van der Waals surface area (Å²) in [6.07, 6.45) is 4.92. The van der Waals surface area contributed by atoms with Gasteiger partial charge in [-0.3, -0.25) is 20.3 Å². The van der Waals surface area contributed by atoms with E-state index in [2.05, 4.69) is 15.2 Å². The smallest absolute Gasteiger partial charge is 0.295 e. The van der Waals surface area contributed by atoms with Gasteiger partial charge in [-0.05, 0) is 35.9 Å². The van der Waals surface area contributed by atoms with Gasteiger partial charge in [0.15, 0.2) is 0 Å². The van der Waals surface area contributed by atoms with Crippen LogP contribution in [0.2, 0.25) is 0 Å². The molecule has 0 unspecified atom stereocenters. The van der Waals surface area contributed by atoms with Crippen molar-refractivity contribution in [3.8, 4) is 5.75 Å². The van der Waals surface area contributed by atoms with Crippen LogP contribution in [0.4, 0.5) is 17.1 Å². The molecule has 0 amide bonds. The lowest BCUT2D eigenvalue weighted by Crippen LogP contribution is -2.14. The van der Waals surface area contributed by atoms with Crippen molar-refractivity contribution < 1.29 is 18.1 Å². The maximum absolute atomic E-state index is 12.7. The van der Waals surface area contributed by atoms with E-state index in [1.807, 2.05) is 36.4 Å². The van der Waals surface area contributed by atoms with E-state index in [0.717, 1.165) is 11.6 Å². The van der Waals surface area contributed by atoms with Gasteiger partial charge in [-0.25, -0.2) is 8.42 Å². The standard InChI is InChI=1S/C22H20N4O5S/c1-31-22-12-6-5-11-20(22)25-32(29,30)18-13-14-19(21(16-18)26(27)28)24-23-15-7-10-17-8-3-2-4-9-17/h2-16,24-25H,1H3/b10-7+,23-15+. The summed E-state index contributed by atoms with van der Waals surface area (Å²) in [7, 11) is -2.68. The summed E-state index contributed by atoms with van der Waals surface area (Å²) in [5, 5.41) is 15.4. The Morgan fingerprint density at radius 1 is 1.00 bits per heavy atom. The summed E-state index contributed by atoms with van der Waals surface area (Å²) < 4.78 is 33.0. The van der Waals surface area contributed by atoms with Gasteiger partial charge in [0, 0.05) is 12.3 Å². The highest BCUT2D eigenvalue weighted by atomic mass is 32.2. The van der Waals surface area contributed by atoms with Crippen molar-refractivity contribution in [2.45, 2.75) is 4.90 Å². The Morgan fingerprint density at radius 2 is 1.72 bits per heavy atom. The Bertz CT molecular complexity index is 1260. The number of nitrogens with zero attached hydrogens (tertiary/aromatic N) is 2. The highest BCUT2D eigenvalue weighted by Crippen LogP contribution is 2.30. The number of hydrogen-bond donors (Lipinski definition) is 2. The molecule has 0 aromatic heterocycles. The van der Waals surface area contributed by atoms with Gasteiger partial charge in [-0.15, -0.1) is 0 Å². The lowest BCUT2D eigenvalue weighted by Gasteiger charge is -2.12. The van der Waals surface area contributed by atoms with Crippen molar-refractivity contribution in [1.29, 1.82) is 0 Å². The number of hydrazone groups is 1. The van der Waals surface area contributed by atoms with Crippen molar-refractivity contribution in [3.63, 3.8) is 0 Å². The molecule has 0 saturated carbocycles. The van der Waals surface area contributed by atoms with E-state index >= 15 is 0 Å². The first-order valence-electron chi connectivity index (χ1n) is 9.36. The van der Waals surface area contributed by atoms with Crippen LogP contribution >= 0.6 is 0 Å². The zero-order valence-corrected chi connectivity index (χ0v) is 17.8. The molecule has 2 N–H and O–H groups in total. The third kappa shape index (κ3) is 5.70. The van der Waals surface area contributed by atoms with Gasteiger partial charge in [0.2, 0.25) is 0 Å². The molecule has 0 spiro atoms. The van der Waals surface area contributed by atoms with E-state index in [1.165, 1.54) is 31.5 Å². The van der Waals surface area contributed by atoms with Crippen LogP contribution in [0.5, 0.6) is 5.75 Å². The van der Waals surface area contributed by atoms with Crippen LogP contribution in [-0.4, -0.2) is 26.7 Å². The monoisotopic (exact) mass is 452 g/mol. The molecule has 3 rings (SSSR count). The highest BCUT2D eigenvalue weighted by Gasteiger charge is 2.22. The maximum Gasteiger partial charge on any atom is 0.295 e. The van der Waals surface area contributed by atoms with Crippen LogP contribution in [0.1, 0.15) is 5.56 Å². The molecule has 3 aromatic carbocycles. The van der Waals surface area contributed by atoms with Gasteiger partial charge in [-0.1, -0.05) is 48.5 Å². The molecule has 0 heterocycles. The third-order valence-corrected chi connectivity index (χ3v) is 5.62. The number of nitro groups is 1. The first-order valence-corrected chi connectivity index (χ1v) is 10.8. The Labute approximate surface area is 185 Å². The molecule has 9 nitrogen and oxygen atoms in total. The number of allylic oxidation sites excluding steroid dienone is 1. The molecule has 0 radical (unpaired) electrons. The second kappa shape index (κ2) is 10.2. The van der Waals surface area contributed by atoms with Crippen LogP contribution in [0, 0.1) is 10.1 Å². The minimum absolute atomic E-state index is 0.0515. The number of methoxy groups -OCH3 is 1. The lowest BCUT2D eigenvalue weighted by molar-refractivity contribution is -0.384. The number of rotatable bonds is 9. The quantitative estimate of drug-likeness (QED) is 0.280. The van der Waals surface area contributed by atoms with Crippen LogP contribution in [0.25, 0.3) is 6.08 Å². The Hall–Kier alpha value is -4.18. The van der Waals surface area contributed by atoms with Crippen molar-refractivity contribution in [1.82, 2.24) is 0 Å². The van der Waals surface area contributed by atoms with Crippen molar-refractivity contribution in [2.75, 3.05) is 17.3 Å². The van der Waals surface area contributed by atoms with Crippen molar-refractivity contribution in [2.24, 2.45) is 5.10 Å². The Morgan fingerprint density at radius 3 is 2.44 bits per heavy atom. The summed E-state index contributed by atoms with van der Waals surface area (Å²) in [5.41, 5.74) is 3.38. The summed E-state index contributed by atoms with van der Waals surface area (Å²) in [5.74, 6) is 0.321. The number of benzene rings is 3. The molecule has 3 aromatic rings. The SMILES string of the molecule is COc1ccccc1NS(=O)(=O)c1ccc(N/N=C/C=C/c2ccccc2)c([N+](=O)[O-])c1. The fraction of sp³-hybridized carbons (Fsp3) is 0.0455. The molecule has 0 aliphatic rings. The fourth-order valence-corrected chi connectivity index (χ4v) is 3.81.